The number of aromatic amines is 1. The van der Waals surface area contributed by atoms with E-state index in [0.717, 1.165) is 0 Å². The van der Waals surface area contributed by atoms with Gasteiger partial charge in [-0.2, -0.15) is 15.4 Å². The molecule has 0 radical (unpaired) electrons. The zero-order valence-corrected chi connectivity index (χ0v) is 12.5. The first-order valence-corrected chi connectivity index (χ1v) is 6.99. The summed E-state index contributed by atoms with van der Waals surface area (Å²) in [4.78, 5) is 12.3. The highest BCUT2D eigenvalue weighted by molar-refractivity contribution is 5.97. The summed E-state index contributed by atoms with van der Waals surface area (Å²) < 4.78 is 5.54. The molecule has 0 saturated heterocycles. The second kappa shape index (κ2) is 5.55. The average Bonchev–Trinajstić information content (AvgIpc) is 3.15. The molecule has 2 heterocycles. The minimum Gasteiger partial charge on any atom is -0.423 e. The van der Waals surface area contributed by atoms with Crippen molar-refractivity contribution >= 4 is 16.9 Å². The third-order valence-electron chi connectivity index (χ3n) is 3.25. The van der Waals surface area contributed by atoms with E-state index in [1.165, 1.54) is 0 Å². The monoisotopic (exact) mass is 300 g/mol. The first-order valence-electron chi connectivity index (χ1n) is 6.99. The Bertz CT molecular complexity index is 806. The van der Waals surface area contributed by atoms with Crippen LogP contribution in [0.2, 0.25) is 0 Å². The topological polar surface area (TPSA) is 110 Å². The molecular weight excluding hydrogens is 284 g/mol. The van der Waals surface area contributed by atoms with Crippen molar-refractivity contribution in [1.82, 2.24) is 30.9 Å². The van der Waals surface area contributed by atoms with E-state index in [1.54, 1.807) is 25.1 Å². The van der Waals surface area contributed by atoms with E-state index in [0.29, 0.717) is 28.4 Å². The minimum atomic E-state index is -0.375. The molecule has 0 saturated carbocycles. The van der Waals surface area contributed by atoms with Crippen LogP contribution in [0.3, 0.4) is 0 Å². The summed E-state index contributed by atoms with van der Waals surface area (Å²) in [7, 11) is 0. The summed E-state index contributed by atoms with van der Waals surface area (Å²) in [6, 6.07) is 4.73. The molecule has 114 valence electrons. The van der Waals surface area contributed by atoms with Gasteiger partial charge < -0.3 is 9.73 Å². The van der Waals surface area contributed by atoms with E-state index >= 15 is 0 Å². The van der Waals surface area contributed by atoms with E-state index < -0.39 is 0 Å². The van der Waals surface area contributed by atoms with Gasteiger partial charge >= 0.3 is 0 Å². The number of amides is 1. The molecule has 22 heavy (non-hydrogen) atoms. The lowest BCUT2D eigenvalue weighted by Crippen LogP contribution is -2.26. The predicted octanol–water partition coefficient (Wildman–Crippen LogP) is 1.96. The van der Waals surface area contributed by atoms with Crippen molar-refractivity contribution in [3.8, 4) is 0 Å². The zero-order chi connectivity index (χ0) is 15.7. The van der Waals surface area contributed by atoms with Crippen molar-refractivity contribution in [3.05, 3.63) is 35.5 Å². The molecule has 0 aliphatic rings. The van der Waals surface area contributed by atoms with Crippen LogP contribution in [0.4, 0.5) is 0 Å². The van der Waals surface area contributed by atoms with E-state index in [-0.39, 0.29) is 17.9 Å². The Morgan fingerprint density at radius 3 is 2.59 bits per heavy atom. The van der Waals surface area contributed by atoms with Gasteiger partial charge in [0.25, 0.3) is 5.91 Å². The molecule has 2 N–H and O–H groups in total. The molecule has 0 spiro atoms. The van der Waals surface area contributed by atoms with Crippen LogP contribution in [-0.2, 0) is 0 Å². The summed E-state index contributed by atoms with van der Waals surface area (Å²) in [5, 5.41) is 21.2. The summed E-state index contributed by atoms with van der Waals surface area (Å²) in [6.45, 7) is 5.73. The van der Waals surface area contributed by atoms with Crippen LogP contribution in [0.1, 0.15) is 54.9 Å². The van der Waals surface area contributed by atoms with E-state index in [4.69, 9.17) is 4.42 Å². The molecule has 0 unspecified atom stereocenters. The molecule has 1 atom stereocenters. The number of nitrogens with one attached hydrogen (secondary N) is 2. The number of rotatable bonds is 4. The van der Waals surface area contributed by atoms with Crippen LogP contribution in [0.15, 0.2) is 22.6 Å². The van der Waals surface area contributed by atoms with Gasteiger partial charge in [-0.3, -0.25) is 4.79 Å². The molecule has 3 aromatic rings. The van der Waals surface area contributed by atoms with Gasteiger partial charge in [0.1, 0.15) is 17.1 Å². The Labute approximate surface area is 126 Å². The number of H-pyrrole nitrogens is 1. The Morgan fingerprint density at radius 1 is 1.14 bits per heavy atom. The van der Waals surface area contributed by atoms with E-state index in [2.05, 4.69) is 30.9 Å². The third kappa shape index (κ3) is 2.67. The van der Waals surface area contributed by atoms with Crippen molar-refractivity contribution in [2.45, 2.75) is 32.7 Å². The molecule has 2 aromatic heterocycles. The number of benzene rings is 1. The Hall–Kier alpha value is -2.77. The molecule has 0 fully saturated rings. The minimum absolute atomic E-state index is 0.152. The summed E-state index contributed by atoms with van der Waals surface area (Å²) in [6.07, 6.45) is 0. The number of fused-ring (bicyclic) bond motifs is 1. The highest BCUT2D eigenvalue weighted by Gasteiger charge is 2.18. The number of carbonyl (C=O) groups is 1. The van der Waals surface area contributed by atoms with Crippen LogP contribution in [-0.4, -0.2) is 31.5 Å². The number of carbonyl (C=O) groups excluding carboxylic acids is 1. The first kappa shape index (κ1) is 14.2. The number of hydrogen-bond acceptors (Lipinski definition) is 6. The lowest BCUT2D eigenvalue weighted by molar-refractivity contribution is 0.0934. The van der Waals surface area contributed by atoms with Crippen molar-refractivity contribution in [3.63, 3.8) is 0 Å². The molecule has 3 rings (SSSR count). The molecule has 0 bridgehead atoms. The molecule has 0 aliphatic carbocycles. The molecular formula is C14H16N6O2. The van der Waals surface area contributed by atoms with Crippen molar-refractivity contribution in [1.29, 1.82) is 0 Å². The first-order chi connectivity index (χ1) is 10.5. The van der Waals surface area contributed by atoms with Gasteiger partial charge in [0, 0.05) is 11.5 Å². The summed E-state index contributed by atoms with van der Waals surface area (Å²) >= 11 is 0. The number of nitrogens with zero attached hydrogens (tertiary/aromatic N) is 4. The fourth-order valence-corrected chi connectivity index (χ4v) is 1.98. The Kier molecular flexibility index (Phi) is 3.58. The number of hydrogen-bond donors (Lipinski definition) is 2. The molecule has 0 aliphatic heterocycles. The van der Waals surface area contributed by atoms with Gasteiger partial charge in [-0.1, -0.05) is 13.8 Å². The van der Waals surface area contributed by atoms with Gasteiger partial charge in [0.2, 0.25) is 11.8 Å². The average molecular weight is 300 g/mol. The van der Waals surface area contributed by atoms with Crippen molar-refractivity contribution in [2.24, 2.45) is 0 Å². The summed E-state index contributed by atoms with van der Waals surface area (Å²) in [5.74, 6) is 0.861. The fraction of sp³-hybridized carbons (Fsp3) is 0.357. The largest absolute Gasteiger partial charge is 0.423 e. The van der Waals surface area contributed by atoms with Crippen LogP contribution in [0, 0.1) is 0 Å². The molecule has 1 amide bonds. The normalized spacial score (nSPS) is 12.7. The van der Waals surface area contributed by atoms with Gasteiger partial charge in [0.05, 0.1) is 0 Å². The van der Waals surface area contributed by atoms with Gasteiger partial charge in [-0.05, 0) is 25.1 Å². The maximum absolute atomic E-state index is 12.3. The molecule has 8 heteroatoms. The van der Waals surface area contributed by atoms with E-state index in [9.17, 15) is 4.79 Å². The van der Waals surface area contributed by atoms with Crippen LogP contribution in [0.5, 0.6) is 0 Å². The van der Waals surface area contributed by atoms with E-state index in [1.807, 2.05) is 13.8 Å². The quantitative estimate of drug-likeness (QED) is 0.762. The van der Waals surface area contributed by atoms with Gasteiger partial charge in [0.15, 0.2) is 0 Å². The van der Waals surface area contributed by atoms with Crippen LogP contribution < -0.4 is 5.32 Å². The zero-order valence-electron chi connectivity index (χ0n) is 12.5. The maximum Gasteiger partial charge on any atom is 0.251 e. The lowest BCUT2D eigenvalue weighted by atomic mass is 10.1. The number of aromatic nitrogens is 5. The summed E-state index contributed by atoms with van der Waals surface area (Å²) in [5.41, 5.74) is 1.85. The fourth-order valence-electron chi connectivity index (χ4n) is 1.98. The third-order valence-corrected chi connectivity index (χ3v) is 3.25. The second-order valence-electron chi connectivity index (χ2n) is 5.36. The second-order valence-corrected chi connectivity index (χ2v) is 5.36. The molecule has 8 nitrogen and oxygen atoms in total. The van der Waals surface area contributed by atoms with Crippen LogP contribution >= 0.6 is 0 Å². The van der Waals surface area contributed by atoms with Gasteiger partial charge in [-0.25, -0.2) is 0 Å². The predicted molar refractivity (Wildman–Crippen MR) is 78.2 cm³/mol. The lowest BCUT2D eigenvalue weighted by Gasteiger charge is -2.09. The smallest absolute Gasteiger partial charge is 0.251 e. The highest BCUT2D eigenvalue weighted by atomic mass is 16.4. The van der Waals surface area contributed by atoms with Gasteiger partial charge in [-0.15, -0.1) is 10.2 Å². The van der Waals surface area contributed by atoms with Crippen LogP contribution in [0.25, 0.3) is 11.0 Å². The van der Waals surface area contributed by atoms with Crippen molar-refractivity contribution in [2.75, 3.05) is 0 Å². The molecule has 1 aromatic carbocycles. The maximum atomic E-state index is 12.3. The Morgan fingerprint density at radius 2 is 1.86 bits per heavy atom. The Balaban J connectivity index is 1.74. The highest BCUT2D eigenvalue weighted by Crippen LogP contribution is 2.17. The standard InChI is InChI=1S/C14H16N6O2/c1-7(2)13-18-19-14(22-13)8(3)15-12(21)9-4-5-10-11(6-9)17-20-16-10/h4-8H,1-3H3,(H,15,21)(H,16,17,20)/t8-/m1/s1. The van der Waals surface area contributed by atoms with Crippen molar-refractivity contribution < 1.29 is 9.21 Å². The SMILES string of the molecule is CC(C)c1nnc([C@@H](C)NC(=O)c2ccc3n[nH]nc3c2)o1.